The zero-order chi connectivity index (χ0) is 6.69. The molecule has 0 aromatic heterocycles. The van der Waals surface area contributed by atoms with Crippen molar-refractivity contribution in [3.8, 4) is 0 Å². The average molecular weight is 125 g/mol. The summed E-state index contributed by atoms with van der Waals surface area (Å²) in [6.45, 7) is 2.22. The number of hydrogen-bond acceptors (Lipinski definition) is 2. The van der Waals surface area contributed by atoms with E-state index in [1.807, 2.05) is 6.08 Å². The fourth-order valence-corrected chi connectivity index (χ4v) is 0.893. The third kappa shape index (κ3) is 1.64. The molecule has 0 aromatic rings. The molecular formula is C7H11NO. The van der Waals surface area contributed by atoms with Crippen LogP contribution in [0.15, 0.2) is 17.3 Å². The van der Waals surface area contributed by atoms with E-state index in [0.29, 0.717) is 5.92 Å². The van der Waals surface area contributed by atoms with Crippen molar-refractivity contribution in [2.75, 3.05) is 6.61 Å². The first-order chi connectivity index (χ1) is 4.33. The van der Waals surface area contributed by atoms with E-state index < -0.39 is 0 Å². The Hall–Kier alpha value is -0.630. The summed E-state index contributed by atoms with van der Waals surface area (Å²) in [6, 6.07) is 0. The second-order valence-electron chi connectivity index (χ2n) is 2.38. The number of aliphatic hydroxyl groups is 1. The van der Waals surface area contributed by atoms with Crippen LogP contribution in [-0.4, -0.2) is 17.4 Å². The predicted octanol–water partition coefficient (Wildman–Crippen LogP) is 0.973. The zero-order valence-electron chi connectivity index (χ0n) is 5.54. The van der Waals surface area contributed by atoms with Crippen LogP contribution in [0.2, 0.25) is 0 Å². The molecule has 0 aliphatic carbocycles. The van der Waals surface area contributed by atoms with Gasteiger partial charge in [-0.05, 0) is 12.3 Å². The molecule has 1 heterocycles. The molecule has 1 atom stereocenters. The maximum atomic E-state index is 8.64. The molecule has 0 saturated heterocycles. The van der Waals surface area contributed by atoms with Crippen LogP contribution >= 0.6 is 0 Å². The first kappa shape index (κ1) is 6.49. The van der Waals surface area contributed by atoms with E-state index >= 15 is 0 Å². The van der Waals surface area contributed by atoms with Crippen molar-refractivity contribution in [2.45, 2.75) is 13.3 Å². The van der Waals surface area contributed by atoms with E-state index in [2.05, 4.69) is 11.9 Å². The monoisotopic (exact) mass is 125 g/mol. The lowest BCUT2D eigenvalue weighted by Crippen LogP contribution is -2.10. The Morgan fingerprint density at radius 2 is 2.67 bits per heavy atom. The standard InChI is InChI=1S/C7H11NO/c1-6-2-3-8-7(4-6)5-9/h2-3,6,9H,4-5H2,1H3. The molecule has 1 unspecified atom stereocenters. The zero-order valence-corrected chi connectivity index (χ0v) is 5.54. The van der Waals surface area contributed by atoms with Crippen molar-refractivity contribution in [3.63, 3.8) is 0 Å². The van der Waals surface area contributed by atoms with Crippen LogP contribution in [-0.2, 0) is 0 Å². The van der Waals surface area contributed by atoms with Crippen LogP contribution in [0.4, 0.5) is 0 Å². The lowest BCUT2D eigenvalue weighted by atomic mass is 10.0. The van der Waals surface area contributed by atoms with Crippen LogP contribution in [0, 0.1) is 5.92 Å². The van der Waals surface area contributed by atoms with Crippen molar-refractivity contribution >= 4 is 5.71 Å². The van der Waals surface area contributed by atoms with Gasteiger partial charge in [0.1, 0.15) is 0 Å². The minimum atomic E-state index is 0.106. The summed E-state index contributed by atoms with van der Waals surface area (Å²) in [5.41, 5.74) is 0.894. The highest BCUT2D eigenvalue weighted by Gasteiger charge is 2.05. The summed E-state index contributed by atoms with van der Waals surface area (Å²) < 4.78 is 0. The van der Waals surface area contributed by atoms with Gasteiger partial charge in [-0.2, -0.15) is 0 Å². The van der Waals surface area contributed by atoms with E-state index in [9.17, 15) is 0 Å². The molecule has 0 spiro atoms. The number of allylic oxidation sites excluding steroid dienone is 1. The van der Waals surface area contributed by atoms with Gasteiger partial charge in [-0.1, -0.05) is 13.0 Å². The highest BCUT2D eigenvalue weighted by Crippen LogP contribution is 2.09. The van der Waals surface area contributed by atoms with E-state index in [1.165, 1.54) is 0 Å². The Balaban J connectivity index is 2.55. The Morgan fingerprint density at radius 1 is 1.89 bits per heavy atom. The van der Waals surface area contributed by atoms with Crippen molar-refractivity contribution in [3.05, 3.63) is 12.3 Å². The predicted molar refractivity (Wildman–Crippen MR) is 37.4 cm³/mol. The van der Waals surface area contributed by atoms with Gasteiger partial charge in [-0.25, -0.2) is 0 Å². The Morgan fingerprint density at radius 3 is 3.11 bits per heavy atom. The molecule has 50 valence electrons. The quantitative estimate of drug-likeness (QED) is 0.556. The summed E-state index contributed by atoms with van der Waals surface area (Å²) in [4.78, 5) is 3.98. The molecule has 9 heavy (non-hydrogen) atoms. The third-order valence-corrected chi connectivity index (χ3v) is 1.41. The summed E-state index contributed by atoms with van der Waals surface area (Å²) >= 11 is 0. The first-order valence-electron chi connectivity index (χ1n) is 3.16. The van der Waals surface area contributed by atoms with Gasteiger partial charge >= 0.3 is 0 Å². The molecule has 1 aliphatic rings. The number of nitrogens with zero attached hydrogens (tertiary/aromatic N) is 1. The highest BCUT2D eigenvalue weighted by atomic mass is 16.3. The van der Waals surface area contributed by atoms with E-state index in [-0.39, 0.29) is 6.61 Å². The Labute approximate surface area is 54.9 Å². The topological polar surface area (TPSA) is 32.6 Å². The minimum absolute atomic E-state index is 0.106. The first-order valence-corrected chi connectivity index (χ1v) is 3.16. The molecule has 1 aliphatic heterocycles. The van der Waals surface area contributed by atoms with Gasteiger partial charge in [0, 0.05) is 11.9 Å². The molecule has 0 amide bonds. The number of aliphatic imine (C=N–C) groups is 1. The lowest BCUT2D eigenvalue weighted by molar-refractivity contribution is 0.353. The Bertz CT molecular complexity index is 149. The van der Waals surface area contributed by atoms with E-state index in [4.69, 9.17) is 5.11 Å². The lowest BCUT2D eigenvalue weighted by Gasteiger charge is -2.09. The van der Waals surface area contributed by atoms with E-state index in [0.717, 1.165) is 12.1 Å². The van der Waals surface area contributed by atoms with Crippen LogP contribution in [0.3, 0.4) is 0 Å². The molecule has 0 fully saturated rings. The van der Waals surface area contributed by atoms with Gasteiger partial charge in [0.25, 0.3) is 0 Å². The largest absolute Gasteiger partial charge is 0.390 e. The fourth-order valence-electron chi connectivity index (χ4n) is 0.893. The molecule has 0 radical (unpaired) electrons. The second-order valence-corrected chi connectivity index (χ2v) is 2.38. The molecule has 1 rings (SSSR count). The van der Waals surface area contributed by atoms with Gasteiger partial charge in [0.15, 0.2) is 0 Å². The maximum absolute atomic E-state index is 8.64. The second kappa shape index (κ2) is 2.78. The SMILES string of the molecule is CC1C=CN=C(CO)C1. The van der Waals surface area contributed by atoms with Gasteiger partial charge < -0.3 is 5.11 Å². The van der Waals surface area contributed by atoms with Crippen molar-refractivity contribution in [1.82, 2.24) is 0 Å². The van der Waals surface area contributed by atoms with Crippen LogP contribution in [0.25, 0.3) is 0 Å². The van der Waals surface area contributed by atoms with Crippen molar-refractivity contribution in [2.24, 2.45) is 10.9 Å². The number of aliphatic hydroxyl groups excluding tert-OH is 1. The summed E-state index contributed by atoms with van der Waals surface area (Å²) in [6.07, 6.45) is 4.71. The minimum Gasteiger partial charge on any atom is -0.390 e. The molecule has 1 N–H and O–H groups in total. The van der Waals surface area contributed by atoms with Crippen LogP contribution in [0.1, 0.15) is 13.3 Å². The van der Waals surface area contributed by atoms with Crippen LogP contribution < -0.4 is 0 Å². The summed E-state index contributed by atoms with van der Waals surface area (Å²) in [5.74, 6) is 0.546. The molecule has 2 nitrogen and oxygen atoms in total. The highest BCUT2D eigenvalue weighted by molar-refractivity contribution is 5.86. The average Bonchev–Trinajstić information content (AvgIpc) is 1.88. The molecule has 0 saturated carbocycles. The van der Waals surface area contributed by atoms with E-state index in [1.54, 1.807) is 6.20 Å². The van der Waals surface area contributed by atoms with Crippen LogP contribution in [0.5, 0.6) is 0 Å². The van der Waals surface area contributed by atoms with Gasteiger partial charge in [0.2, 0.25) is 0 Å². The van der Waals surface area contributed by atoms with Crippen molar-refractivity contribution < 1.29 is 5.11 Å². The van der Waals surface area contributed by atoms with Gasteiger partial charge in [-0.15, -0.1) is 0 Å². The summed E-state index contributed by atoms with van der Waals surface area (Å²) in [5, 5.41) is 8.64. The smallest absolute Gasteiger partial charge is 0.0813 e. The molecular weight excluding hydrogens is 114 g/mol. The maximum Gasteiger partial charge on any atom is 0.0813 e. The van der Waals surface area contributed by atoms with Gasteiger partial charge in [-0.3, -0.25) is 4.99 Å². The Kier molecular flexibility index (Phi) is 2.01. The number of rotatable bonds is 1. The normalized spacial score (nSPS) is 26.0. The molecule has 0 bridgehead atoms. The summed E-state index contributed by atoms with van der Waals surface area (Å²) in [7, 11) is 0. The van der Waals surface area contributed by atoms with Gasteiger partial charge in [0.05, 0.1) is 6.61 Å². The molecule has 2 heteroatoms. The third-order valence-electron chi connectivity index (χ3n) is 1.41. The molecule has 0 aromatic carbocycles. The van der Waals surface area contributed by atoms with Crippen molar-refractivity contribution in [1.29, 1.82) is 0 Å². The number of hydrogen-bond donors (Lipinski definition) is 1. The fraction of sp³-hybridized carbons (Fsp3) is 0.571.